The van der Waals surface area contributed by atoms with E-state index in [9.17, 15) is 4.79 Å². The summed E-state index contributed by atoms with van der Waals surface area (Å²) in [5.74, 6) is -0.893. The van der Waals surface area contributed by atoms with Crippen LogP contribution in [0.1, 0.15) is 23.6 Å². The van der Waals surface area contributed by atoms with Crippen molar-refractivity contribution in [3.8, 4) is 0 Å². The van der Waals surface area contributed by atoms with E-state index in [-0.39, 0.29) is 6.42 Å². The number of aliphatic carboxylic acids is 1. The quantitative estimate of drug-likeness (QED) is 0.723. The fourth-order valence-electron chi connectivity index (χ4n) is 1.16. The molecule has 1 atom stereocenters. The van der Waals surface area contributed by atoms with Crippen LogP contribution in [0.25, 0.3) is 0 Å². The van der Waals surface area contributed by atoms with Gasteiger partial charge in [0.15, 0.2) is 0 Å². The smallest absolute Gasteiger partial charge is 0.305 e. The lowest BCUT2D eigenvalue weighted by atomic mass is 10.0. The molecule has 4 heteroatoms. The van der Waals surface area contributed by atoms with Crippen LogP contribution < -0.4 is 5.73 Å². The second-order valence-corrected chi connectivity index (χ2v) is 2.94. The first-order chi connectivity index (χ1) is 6.11. The summed E-state index contributed by atoms with van der Waals surface area (Å²) < 4.78 is 0. The van der Waals surface area contributed by atoms with Crippen molar-refractivity contribution in [3.05, 3.63) is 29.6 Å². The molecule has 0 saturated carbocycles. The molecule has 0 aliphatic rings. The summed E-state index contributed by atoms with van der Waals surface area (Å²) in [4.78, 5) is 14.3. The Morgan fingerprint density at radius 3 is 3.00 bits per heavy atom. The molecule has 13 heavy (non-hydrogen) atoms. The Bertz CT molecular complexity index is 312. The number of carboxylic acid groups (broad SMARTS) is 1. The molecule has 0 aliphatic heterocycles. The summed E-state index contributed by atoms with van der Waals surface area (Å²) in [5, 5.41) is 8.54. The summed E-state index contributed by atoms with van der Waals surface area (Å²) in [6.07, 6.45) is 3.21. The molecule has 1 aromatic rings. The minimum atomic E-state index is -0.893. The Kier molecular flexibility index (Phi) is 2.97. The summed E-state index contributed by atoms with van der Waals surface area (Å²) in [6.45, 7) is 1.89. The monoisotopic (exact) mass is 180 g/mol. The van der Waals surface area contributed by atoms with Crippen molar-refractivity contribution in [3.63, 3.8) is 0 Å². The van der Waals surface area contributed by atoms with Gasteiger partial charge in [0.1, 0.15) is 0 Å². The number of carbonyl (C=O) groups is 1. The molecule has 1 aromatic heterocycles. The molecule has 0 unspecified atom stereocenters. The van der Waals surface area contributed by atoms with Crippen LogP contribution in [0.3, 0.4) is 0 Å². The van der Waals surface area contributed by atoms with Crippen LogP contribution in [0, 0.1) is 6.92 Å². The maximum absolute atomic E-state index is 10.4. The van der Waals surface area contributed by atoms with E-state index in [1.807, 2.05) is 13.0 Å². The molecule has 1 rings (SSSR count). The first-order valence-corrected chi connectivity index (χ1v) is 3.99. The second-order valence-electron chi connectivity index (χ2n) is 2.94. The van der Waals surface area contributed by atoms with Gasteiger partial charge < -0.3 is 10.8 Å². The highest BCUT2D eigenvalue weighted by molar-refractivity contribution is 5.67. The Labute approximate surface area is 76.4 Å². The lowest BCUT2D eigenvalue weighted by Crippen LogP contribution is -2.16. The molecule has 0 aliphatic carbocycles. The number of aryl methyl sites for hydroxylation is 1. The van der Waals surface area contributed by atoms with Crippen LogP contribution in [0.15, 0.2) is 18.5 Å². The number of rotatable bonds is 3. The first kappa shape index (κ1) is 9.67. The molecule has 0 saturated heterocycles. The zero-order chi connectivity index (χ0) is 9.84. The van der Waals surface area contributed by atoms with Gasteiger partial charge in [-0.1, -0.05) is 0 Å². The number of nitrogens with zero attached hydrogens (tertiary/aromatic N) is 1. The Morgan fingerprint density at radius 1 is 1.77 bits per heavy atom. The predicted molar refractivity (Wildman–Crippen MR) is 48.2 cm³/mol. The minimum absolute atomic E-state index is 0.0630. The van der Waals surface area contributed by atoms with Crippen molar-refractivity contribution in [2.24, 2.45) is 5.73 Å². The lowest BCUT2D eigenvalue weighted by molar-refractivity contribution is -0.137. The van der Waals surface area contributed by atoms with E-state index in [0.29, 0.717) is 0 Å². The summed E-state index contributed by atoms with van der Waals surface area (Å²) in [7, 11) is 0. The topological polar surface area (TPSA) is 76.2 Å². The van der Waals surface area contributed by atoms with Gasteiger partial charge in [-0.15, -0.1) is 0 Å². The summed E-state index contributed by atoms with van der Waals surface area (Å²) in [6, 6.07) is 1.35. The van der Waals surface area contributed by atoms with Gasteiger partial charge in [0.05, 0.1) is 6.42 Å². The van der Waals surface area contributed by atoms with Crippen molar-refractivity contribution in [1.82, 2.24) is 4.98 Å². The largest absolute Gasteiger partial charge is 0.481 e. The second kappa shape index (κ2) is 4.00. The maximum Gasteiger partial charge on any atom is 0.305 e. The van der Waals surface area contributed by atoms with Gasteiger partial charge >= 0.3 is 5.97 Å². The van der Waals surface area contributed by atoms with E-state index in [2.05, 4.69) is 4.98 Å². The molecule has 4 nitrogen and oxygen atoms in total. The van der Waals surface area contributed by atoms with E-state index >= 15 is 0 Å². The van der Waals surface area contributed by atoms with Crippen LogP contribution in [-0.2, 0) is 4.79 Å². The average molecular weight is 180 g/mol. The zero-order valence-corrected chi connectivity index (χ0v) is 7.40. The Morgan fingerprint density at radius 2 is 2.46 bits per heavy atom. The molecule has 0 amide bonds. The fraction of sp³-hybridized carbons (Fsp3) is 0.333. The minimum Gasteiger partial charge on any atom is -0.481 e. The van der Waals surface area contributed by atoms with Gasteiger partial charge in [-0.25, -0.2) is 0 Å². The molecule has 0 aromatic carbocycles. The van der Waals surface area contributed by atoms with Gasteiger partial charge in [-0.3, -0.25) is 9.78 Å². The molecule has 70 valence electrons. The van der Waals surface area contributed by atoms with Gasteiger partial charge in [0, 0.05) is 18.4 Å². The van der Waals surface area contributed by atoms with Crippen molar-refractivity contribution >= 4 is 5.97 Å². The highest BCUT2D eigenvalue weighted by atomic mass is 16.4. The third-order valence-corrected chi connectivity index (χ3v) is 1.87. The first-order valence-electron chi connectivity index (χ1n) is 3.99. The lowest BCUT2D eigenvalue weighted by Gasteiger charge is -2.10. The maximum atomic E-state index is 10.4. The Balaban J connectivity index is 2.82. The van der Waals surface area contributed by atoms with Crippen LogP contribution in [0.4, 0.5) is 0 Å². The van der Waals surface area contributed by atoms with Crippen LogP contribution in [0.2, 0.25) is 0 Å². The molecule has 0 radical (unpaired) electrons. The van der Waals surface area contributed by atoms with Gasteiger partial charge in [-0.05, 0) is 24.1 Å². The summed E-state index contributed by atoms with van der Waals surface area (Å²) in [5.41, 5.74) is 7.45. The molecule has 1 heterocycles. The molecule has 0 spiro atoms. The third kappa shape index (κ3) is 2.52. The number of pyridine rings is 1. The fourth-order valence-corrected chi connectivity index (χ4v) is 1.16. The van der Waals surface area contributed by atoms with Gasteiger partial charge in [-0.2, -0.15) is 0 Å². The number of aromatic nitrogens is 1. The number of hydrogen-bond acceptors (Lipinski definition) is 3. The molecular weight excluding hydrogens is 168 g/mol. The van der Waals surface area contributed by atoms with Crippen LogP contribution in [-0.4, -0.2) is 16.1 Å². The Hall–Kier alpha value is -1.42. The highest BCUT2D eigenvalue weighted by Gasteiger charge is 2.12. The van der Waals surface area contributed by atoms with E-state index in [4.69, 9.17) is 10.8 Å². The highest BCUT2D eigenvalue weighted by Crippen LogP contribution is 2.16. The van der Waals surface area contributed by atoms with E-state index in [1.54, 1.807) is 12.4 Å². The zero-order valence-electron chi connectivity index (χ0n) is 7.40. The average Bonchev–Trinajstić information content (AvgIpc) is 2.03. The van der Waals surface area contributed by atoms with E-state index < -0.39 is 12.0 Å². The van der Waals surface area contributed by atoms with Crippen LogP contribution >= 0.6 is 0 Å². The van der Waals surface area contributed by atoms with Crippen molar-refractivity contribution in [2.75, 3.05) is 0 Å². The van der Waals surface area contributed by atoms with E-state index in [1.165, 1.54) is 0 Å². The number of carboxylic acids is 1. The summed E-state index contributed by atoms with van der Waals surface area (Å²) >= 11 is 0. The van der Waals surface area contributed by atoms with E-state index in [0.717, 1.165) is 11.1 Å². The number of hydrogen-bond donors (Lipinski definition) is 2. The van der Waals surface area contributed by atoms with Crippen molar-refractivity contribution < 1.29 is 9.90 Å². The van der Waals surface area contributed by atoms with Crippen LogP contribution in [0.5, 0.6) is 0 Å². The van der Waals surface area contributed by atoms with Crippen molar-refractivity contribution in [2.45, 2.75) is 19.4 Å². The van der Waals surface area contributed by atoms with Gasteiger partial charge in [0.25, 0.3) is 0 Å². The normalized spacial score (nSPS) is 12.5. The standard InChI is InChI=1S/C9H12N2O2/c1-6-2-3-11-5-7(6)8(10)4-9(12)13/h2-3,5,8H,4,10H2,1H3,(H,12,13)/t8-/m0/s1. The number of nitrogens with two attached hydrogens (primary N) is 1. The third-order valence-electron chi connectivity index (χ3n) is 1.87. The molecule has 0 bridgehead atoms. The van der Waals surface area contributed by atoms with Crippen molar-refractivity contribution in [1.29, 1.82) is 0 Å². The molecule has 3 N–H and O–H groups in total. The predicted octanol–water partition coefficient (Wildman–Crippen LogP) is 0.865. The SMILES string of the molecule is Cc1ccncc1[C@@H](N)CC(=O)O. The molecule has 0 fully saturated rings. The molecular formula is C9H12N2O2. The van der Waals surface area contributed by atoms with Gasteiger partial charge in [0.2, 0.25) is 0 Å².